The van der Waals surface area contributed by atoms with Gasteiger partial charge in [0.25, 0.3) is 0 Å². The number of anilines is 1. The molecule has 0 radical (unpaired) electrons. The van der Waals surface area contributed by atoms with E-state index in [1.807, 2.05) is 36.4 Å². The Balaban J connectivity index is 1.80. The Labute approximate surface area is 107 Å². The number of benzene rings is 2. The molecular weight excluding hydrogens is 222 g/mol. The number of aliphatic hydroxyl groups excluding tert-OH is 1. The van der Waals surface area contributed by atoms with E-state index < -0.39 is 6.10 Å². The number of fused-ring (bicyclic) bond motifs is 1. The number of hydrogen-bond acceptors (Lipinski definition) is 2. The Kier molecular flexibility index (Phi) is 3.03. The zero-order valence-corrected chi connectivity index (χ0v) is 10.2. The fourth-order valence-electron chi connectivity index (χ4n) is 2.58. The summed E-state index contributed by atoms with van der Waals surface area (Å²) in [6.07, 6.45) is 1.55. The zero-order chi connectivity index (χ0) is 12.4. The molecule has 0 saturated heterocycles. The maximum Gasteiger partial charge on any atom is 0.0991 e. The molecule has 0 fully saturated rings. The van der Waals surface area contributed by atoms with Crippen LogP contribution in [0.1, 0.15) is 23.7 Å². The molecule has 92 valence electrons. The quantitative estimate of drug-likeness (QED) is 0.843. The van der Waals surface area contributed by atoms with E-state index in [4.69, 9.17) is 0 Å². The monoisotopic (exact) mass is 239 g/mol. The lowest BCUT2D eigenvalue weighted by Crippen LogP contribution is -2.31. The summed E-state index contributed by atoms with van der Waals surface area (Å²) in [5.41, 5.74) is 3.48. The van der Waals surface area contributed by atoms with Crippen molar-refractivity contribution >= 4 is 5.69 Å². The third kappa shape index (κ3) is 2.12. The summed E-state index contributed by atoms with van der Waals surface area (Å²) in [4.78, 5) is 0. The highest BCUT2D eigenvalue weighted by Crippen LogP contribution is 2.30. The van der Waals surface area contributed by atoms with Crippen molar-refractivity contribution in [2.45, 2.75) is 25.0 Å². The van der Waals surface area contributed by atoms with Crippen molar-refractivity contribution < 1.29 is 5.11 Å². The number of para-hydroxylation sites is 1. The van der Waals surface area contributed by atoms with Crippen LogP contribution in [0.4, 0.5) is 5.69 Å². The van der Waals surface area contributed by atoms with Crippen molar-refractivity contribution in [1.29, 1.82) is 0 Å². The molecule has 0 bridgehead atoms. The molecule has 1 aliphatic heterocycles. The van der Waals surface area contributed by atoms with Gasteiger partial charge >= 0.3 is 0 Å². The molecule has 2 heteroatoms. The first kappa shape index (κ1) is 11.3. The summed E-state index contributed by atoms with van der Waals surface area (Å²) in [5, 5.41) is 13.9. The Hall–Kier alpha value is -1.80. The second-order valence-electron chi connectivity index (χ2n) is 4.80. The van der Waals surface area contributed by atoms with E-state index in [0.29, 0.717) is 0 Å². The molecule has 0 aromatic heterocycles. The second-order valence-corrected chi connectivity index (χ2v) is 4.80. The maximum atomic E-state index is 10.4. The van der Waals surface area contributed by atoms with E-state index in [1.165, 1.54) is 5.56 Å². The van der Waals surface area contributed by atoms with Gasteiger partial charge in [0.1, 0.15) is 0 Å². The van der Waals surface area contributed by atoms with E-state index in [1.54, 1.807) is 0 Å². The van der Waals surface area contributed by atoms with Crippen LogP contribution in [0.15, 0.2) is 54.6 Å². The number of aryl methyl sites for hydroxylation is 1. The van der Waals surface area contributed by atoms with Crippen molar-refractivity contribution in [3.8, 4) is 0 Å². The van der Waals surface area contributed by atoms with Crippen LogP contribution in [0.5, 0.6) is 0 Å². The van der Waals surface area contributed by atoms with Crippen LogP contribution in [0.3, 0.4) is 0 Å². The molecule has 2 nitrogen and oxygen atoms in total. The van der Waals surface area contributed by atoms with Gasteiger partial charge in [0, 0.05) is 5.69 Å². The van der Waals surface area contributed by atoms with Gasteiger partial charge in [0.2, 0.25) is 0 Å². The maximum absolute atomic E-state index is 10.4. The molecule has 0 aliphatic carbocycles. The summed E-state index contributed by atoms with van der Waals surface area (Å²) in [6, 6.07) is 18.3. The minimum Gasteiger partial charge on any atom is -0.386 e. The lowest BCUT2D eigenvalue weighted by atomic mass is 9.92. The van der Waals surface area contributed by atoms with Gasteiger partial charge in [-0.25, -0.2) is 0 Å². The van der Waals surface area contributed by atoms with Gasteiger partial charge in [0.05, 0.1) is 12.1 Å². The van der Waals surface area contributed by atoms with Crippen LogP contribution < -0.4 is 5.32 Å². The third-order valence-electron chi connectivity index (χ3n) is 3.61. The first-order chi connectivity index (χ1) is 8.84. The molecule has 1 aliphatic rings. The van der Waals surface area contributed by atoms with Crippen LogP contribution in [-0.4, -0.2) is 11.1 Å². The Morgan fingerprint density at radius 2 is 1.72 bits per heavy atom. The van der Waals surface area contributed by atoms with Crippen LogP contribution in [0.2, 0.25) is 0 Å². The van der Waals surface area contributed by atoms with Gasteiger partial charge in [0.15, 0.2) is 0 Å². The van der Waals surface area contributed by atoms with E-state index in [2.05, 4.69) is 23.5 Å². The third-order valence-corrected chi connectivity index (χ3v) is 3.61. The fraction of sp³-hybridized carbons (Fsp3) is 0.250. The highest BCUT2D eigenvalue weighted by molar-refractivity contribution is 5.54. The lowest BCUT2D eigenvalue weighted by molar-refractivity contribution is 0.149. The highest BCUT2D eigenvalue weighted by Gasteiger charge is 2.24. The highest BCUT2D eigenvalue weighted by atomic mass is 16.3. The lowest BCUT2D eigenvalue weighted by Gasteiger charge is -2.30. The van der Waals surface area contributed by atoms with Gasteiger partial charge in [-0.1, -0.05) is 48.5 Å². The molecule has 1 unspecified atom stereocenters. The predicted octanol–water partition coefficient (Wildman–Crippen LogP) is 3.15. The zero-order valence-electron chi connectivity index (χ0n) is 10.2. The van der Waals surface area contributed by atoms with Crippen molar-refractivity contribution in [2.24, 2.45) is 0 Å². The van der Waals surface area contributed by atoms with E-state index in [0.717, 1.165) is 24.1 Å². The summed E-state index contributed by atoms with van der Waals surface area (Å²) >= 11 is 0. The average molecular weight is 239 g/mol. The molecule has 2 aromatic rings. The van der Waals surface area contributed by atoms with Crippen molar-refractivity contribution in [3.05, 3.63) is 65.7 Å². The van der Waals surface area contributed by atoms with Crippen LogP contribution >= 0.6 is 0 Å². The van der Waals surface area contributed by atoms with Gasteiger partial charge in [-0.05, 0) is 30.0 Å². The predicted molar refractivity (Wildman–Crippen MR) is 73.6 cm³/mol. The van der Waals surface area contributed by atoms with Crippen molar-refractivity contribution in [1.82, 2.24) is 0 Å². The SMILES string of the molecule is O[C@@H](c1ccccc1)C1CCc2ccccc2N1. The van der Waals surface area contributed by atoms with E-state index in [-0.39, 0.29) is 6.04 Å². The van der Waals surface area contributed by atoms with Crippen LogP contribution in [-0.2, 0) is 6.42 Å². The topological polar surface area (TPSA) is 32.3 Å². The summed E-state index contributed by atoms with van der Waals surface area (Å²) in [7, 11) is 0. The van der Waals surface area contributed by atoms with E-state index in [9.17, 15) is 5.11 Å². The fourth-order valence-corrected chi connectivity index (χ4v) is 2.58. The van der Waals surface area contributed by atoms with Crippen molar-refractivity contribution in [3.63, 3.8) is 0 Å². The molecule has 2 aromatic carbocycles. The van der Waals surface area contributed by atoms with Crippen LogP contribution in [0.25, 0.3) is 0 Å². The normalized spacial score (nSPS) is 19.7. The standard InChI is InChI=1S/C16H17NO/c18-16(13-7-2-1-3-8-13)15-11-10-12-6-4-5-9-14(12)17-15/h1-9,15-18H,10-11H2/t15?,16-/m0/s1. The van der Waals surface area contributed by atoms with Gasteiger partial charge < -0.3 is 10.4 Å². The molecule has 2 N–H and O–H groups in total. The smallest absolute Gasteiger partial charge is 0.0991 e. The second kappa shape index (κ2) is 4.83. The first-order valence-corrected chi connectivity index (χ1v) is 6.42. The molecule has 0 amide bonds. The van der Waals surface area contributed by atoms with Gasteiger partial charge in [-0.15, -0.1) is 0 Å². The van der Waals surface area contributed by atoms with E-state index >= 15 is 0 Å². The molecule has 0 saturated carbocycles. The summed E-state index contributed by atoms with van der Waals surface area (Å²) in [6.45, 7) is 0. The molecule has 18 heavy (non-hydrogen) atoms. The van der Waals surface area contributed by atoms with Crippen molar-refractivity contribution in [2.75, 3.05) is 5.32 Å². The number of aliphatic hydroxyl groups is 1. The van der Waals surface area contributed by atoms with Gasteiger partial charge in [-0.2, -0.15) is 0 Å². The number of nitrogens with one attached hydrogen (secondary N) is 1. The average Bonchev–Trinajstić information content (AvgIpc) is 2.47. The Morgan fingerprint density at radius 3 is 2.56 bits per heavy atom. The van der Waals surface area contributed by atoms with Gasteiger partial charge in [-0.3, -0.25) is 0 Å². The largest absolute Gasteiger partial charge is 0.386 e. The van der Waals surface area contributed by atoms with Crippen LogP contribution in [0, 0.1) is 0 Å². The minimum atomic E-state index is -0.445. The molecular formula is C16H17NO. The molecule has 1 heterocycles. The summed E-state index contributed by atoms with van der Waals surface area (Å²) < 4.78 is 0. The molecule has 0 spiro atoms. The first-order valence-electron chi connectivity index (χ1n) is 6.42. The molecule has 2 atom stereocenters. The summed E-state index contributed by atoms with van der Waals surface area (Å²) in [5.74, 6) is 0. The Bertz CT molecular complexity index is 524. The minimum absolute atomic E-state index is 0.0994. The number of rotatable bonds is 2. The molecule has 3 rings (SSSR count). The Morgan fingerprint density at radius 1 is 1.00 bits per heavy atom. The number of hydrogen-bond donors (Lipinski definition) is 2.